The third kappa shape index (κ3) is 4.84. The molecule has 7 heteroatoms. The molecular formula is C20H31BN2O4. The van der Waals surface area contributed by atoms with Gasteiger partial charge in [-0.1, -0.05) is 24.3 Å². The molecule has 2 N–H and O–H groups in total. The Morgan fingerprint density at radius 2 is 1.70 bits per heavy atom. The van der Waals surface area contributed by atoms with Crippen LogP contribution in [0.3, 0.4) is 0 Å². The summed E-state index contributed by atoms with van der Waals surface area (Å²) in [4.78, 5) is 13.1. The molecule has 1 amide bonds. The van der Waals surface area contributed by atoms with Crippen molar-refractivity contribution in [1.82, 2.24) is 10.2 Å². The summed E-state index contributed by atoms with van der Waals surface area (Å²) >= 11 is 0. The quantitative estimate of drug-likeness (QED) is 0.774. The van der Waals surface area contributed by atoms with E-state index in [1.165, 1.54) is 5.56 Å². The van der Waals surface area contributed by atoms with Crippen LogP contribution in [0.5, 0.6) is 0 Å². The Morgan fingerprint density at radius 3 is 2.22 bits per heavy atom. The van der Waals surface area contributed by atoms with E-state index in [1.54, 1.807) is 0 Å². The van der Waals surface area contributed by atoms with Gasteiger partial charge >= 0.3 is 13.2 Å². The second-order valence-corrected chi connectivity index (χ2v) is 8.65. The normalized spacial score (nSPS) is 22.7. The van der Waals surface area contributed by atoms with Crippen LogP contribution in [0.15, 0.2) is 24.3 Å². The summed E-state index contributed by atoms with van der Waals surface area (Å²) in [6.07, 6.45) is 1.83. The number of amides is 1. The van der Waals surface area contributed by atoms with E-state index in [1.807, 2.05) is 0 Å². The number of carboxylic acid groups (broad SMARTS) is 1. The Hall–Kier alpha value is -1.57. The molecule has 148 valence electrons. The Labute approximate surface area is 162 Å². The van der Waals surface area contributed by atoms with Crippen LogP contribution in [0, 0.1) is 0 Å². The first-order valence-electron chi connectivity index (χ1n) is 9.82. The van der Waals surface area contributed by atoms with E-state index in [-0.39, 0.29) is 24.4 Å². The summed E-state index contributed by atoms with van der Waals surface area (Å²) in [6, 6.07) is 8.59. The van der Waals surface area contributed by atoms with Gasteiger partial charge in [-0.15, -0.1) is 0 Å². The molecule has 27 heavy (non-hydrogen) atoms. The lowest BCUT2D eigenvalue weighted by atomic mass is 9.79. The zero-order chi connectivity index (χ0) is 19.7. The van der Waals surface area contributed by atoms with Crippen molar-refractivity contribution in [2.75, 3.05) is 19.6 Å². The van der Waals surface area contributed by atoms with E-state index in [0.29, 0.717) is 0 Å². The number of benzene rings is 1. The standard InChI is InChI=1S/C20H31BN2O4/c1-19(2)20(3,4)27-21(26-19)16-7-5-15(6-8-16)9-12-23-13-10-17(11-14-23)22-18(24)25/h5-8,17,22H,9-14H2,1-4H3,(H,24,25). The summed E-state index contributed by atoms with van der Waals surface area (Å²) in [5.74, 6) is 0. The molecule has 2 saturated heterocycles. The van der Waals surface area contributed by atoms with Crippen LogP contribution in [-0.2, 0) is 15.7 Å². The molecular weight excluding hydrogens is 343 g/mol. The topological polar surface area (TPSA) is 71.0 Å². The third-order valence-electron chi connectivity index (χ3n) is 6.14. The van der Waals surface area contributed by atoms with Crippen molar-refractivity contribution in [3.8, 4) is 0 Å². The smallest absolute Gasteiger partial charge is 0.465 e. The molecule has 3 rings (SSSR count). The summed E-state index contributed by atoms with van der Waals surface area (Å²) in [5, 5.41) is 11.4. The van der Waals surface area contributed by atoms with Crippen molar-refractivity contribution in [1.29, 1.82) is 0 Å². The van der Waals surface area contributed by atoms with Gasteiger partial charge in [0, 0.05) is 25.7 Å². The second kappa shape index (κ2) is 7.82. The van der Waals surface area contributed by atoms with Gasteiger partial charge in [0.05, 0.1) is 11.2 Å². The molecule has 0 aromatic heterocycles. The van der Waals surface area contributed by atoms with Gasteiger partial charge in [-0.25, -0.2) is 4.79 Å². The van der Waals surface area contributed by atoms with E-state index in [9.17, 15) is 4.79 Å². The van der Waals surface area contributed by atoms with Gasteiger partial charge in [0.2, 0.25) is 0 Å². The average Bonchev–Trinajstić information content (AvgIpc) is 2.82. The fourth-order valence-corrected chi connectivity index (χ4v) is 3.58. The van der Waals surface area contributed by atoms with Gasteiger partial charge < -0.3 is 24.6 Å². The van der Waals surface area contributed by atoms with E-state index in [2.05, 4.69) is 62.2 Å². The minimum absolute atomic E-state index is 0.0953. The van der Waals surface area contributed by atoms with Crippen LogP contribution < -0.4 is 10.8 Å². The van der Waals surface area contributed by atoms with Crippen molar-refractivity contribution in [3.63, 3.8) is 0 Å². The maximum atomic E-state index is 10.7. The number of hydrogen-bond donors (Lipinski definition) is 2. The number of likely N-dealkylation sites (tertiary alicyclic amines) is 1. The van der Waals surface area contributed by atoms with Crippen molar-refractivity contribution in [2.24, 2.45) is 0 Å². The summed E-state index contributed by atoms with van der Waals surface area (Å²) < 4.78 is 12.2. The molecule has 2 heterocycles. The Balaban J connectivity index is 1.47. The highest BCUT2D eigenvalue weighted by Gasteiger charge is 2.51. The number of hydrogen-bond acceptors (Lipinski definition) is 4. The van der Waals surface area contributed by atoms with Gasteiger partial charge in [-0.05, 0) is 58.0 Å². The Bertz CT molecular complexity index is 638. The molecule has 0 spiro atoms. The van der Waals surface area contributed by atoms with E-state index < -0.39 is 6.09 Å². The molecule has 2 fully saturated rings. The minimum atomic E-state index is -0.921. The lowest BCUT2D eigenvalue weighted by Gasteiger charge is -2.32. The van der Waals surface area contributed by atoms with Gasteiger partial charge in [-0.3, -0.25) is 0 Å². The molecule has 0 bridgehead atoms. The number of nitrogens with one attached hydrogen (secondary N) is 1. The van der Waals surface area contributed by atoms with Crippen LogP contribution in [0.25, 0.3) is 0 Å². The molecule has 1 aromatic carbocycles. The zero-order valence-corrected chi connectivity index (χ0v) is 16.8. The Kier molecular flexibility index (Phi) is 5.84. The highest BCUT2D eigenvalue weighted by molar-refractivity contribution is 6.62. The van der Waals surface area contributed by atoms with Crippen LogP contribution in [-0.4, -0.2) is 60.1 Å². The molecule has 2 aliphatic rings. The second-order valence-electron chi connectivity index (χ2n) is 8.65. The largest absolute Gasteiger partial charge is 0.494 e. The maximum Gasteiger partial charge on any atom is 0.494 e. The van der Waals surface area contributed by atoms with Crippen molar-refractivity contribution in [3.05, 3.63) is 29.8 Å². The maximum absolute atomic E-state index is 10.7. The molecule has 0 unspecified atom stereocenters. The van der Waals surface area contributed by atoms with Gasteiger partial charge in [0.1, 0.15) is 0 Å². The van der Waals surface area contributed by atoms with Crippen LogP contribution in [0.4, 0.5) is 4.79 Å². The SMILES string of the molecule is CC1(C)OB(c2ccc(CCN3CCC(NC(=O)O)CC3)cc2)OC1(C)C. The highest BCUT2D eigenvalue weighted by Crippen LogP contribution is 2.36. The predicted octanol–water partition coefficient (Wildman–Crippen LogP) is 2.26. The number of piperidine rings is 1. The Morgan fingerprint density at radius 1 is 1.15 bits per heavy atom. The first kappa shape index (κ1) is 20.2. The van der Waals surface area contributed by atoms with Crippen LogP contribution in [0.1, 0.15) is 46.1 Å². The zero-order valence-electron chi connectivity index (χ0n) is 16.8. The molecule has 0 radical (unpaired) electrons. The van der Waals surface area contributed by atoms with E-state index in [4.69, 9.17) is 14.4 Å². The highest BCUT2D eigenvalue weighted by atomic mass is 16.7. The van der Waals surface area contributed by atoms with Crippen molar-refractivity contribution >= 4 is 18.7 Å². The predicted molar refractivity (Wildman–Crippen MR) is 106 cm³/mol. The van der Waals surface area contributed by atoms with Gasteiger partial charge in [0.25, 0.3) is 0 Å². The van der Waals surface area contributed by atoms with Crippen molar-refractivity contribution < 1.29 is 19.2 Å². The minimum Gasteiger partial charge on any atom is -0.465 e. The molecule has 0 atom stereocenters. The number of nitrogens with zero attached hydrogens (tertiary/aromatic N) is 1. The molecule has 0 aliphatic carbocycles. The lowest BCUT2D eigenvalue weighted by Crippen LogP contribution is -2.44. The van der Waals surface area contributed by atoms with Gasteiger partial charge in [-0.2, -0.15) is 0 Å². The van der Waals surface area contributed by atoms with Crippen molar-refractivity contribution in [2.45, 2.75) is 64.2 Å². The first-order chi connectivity index (χ1) is 12.7. The fraction of sp³-hybridized carbons (Fsp3) is 0.650. The van der Waals surface area contributed by atoms with Crippen LogP contribution in [0.2, 0.25) is 0 Å². The molecule has 1 aromatic rings. The van der Waals surface area contributed by atoms with E-state index >= 15 is 0 Å². The summed E-state index contributed by atoms with van der Waals surface area (Å²) in [7, 11) is -0.315. The summed E-state index contributed by atoms with van der Waals surface area (Å²) in [6.45, 7) is 11.1. The van der Waals surface area contributed by atoms with Crippen LogP contribution >= 0.6 is 0 Å². The fourth-order valence-electron chi connectivity index (χ4n) is 3.58. The summed E-state index contributed by atoms with van der Waals surface area (Å²) in [5.41, 5.74) is 1.70. The monoisotopic (exact) mass is 374 g/mol. The number of rotatable bonds is 5. The average molecular weight is 374 g/mol. The molecule has 2 aliphatic heterocycles. The van der Waals surface area contributed by atoms with E-state index in [0.717, 1.165) is 44.4 Å². The number of carbonyl (C=O) groups is 1. The first-order valence-corrected chi connectivity index (χ1v) is 9.82. The third-order valence-corrected chi connectivity index (χ3v) is 6.14. The molecule has 0 saturated carbocycles. The van der Waals surface area contributed by atoms with Gasteiger partial charge in [0.15, 0.2) is 0 Å². The lowest BCUT2D eigenvalue weighted by molar-refractivity contribution is 0.00578. The molecule has 6 nitrogen and oxygen atoms in total.